The zero-order valence-electron chi connectivity index (χ0n) is 16.2. The fourth-order valence-electron chi connectivity index (χ4n) is 5.82. The second kappa shape index (κ2) is 6.81. The summed E-state index contributed by atoms with van der Waals surface area (Å²) in [5.41, 5.74) is 1.06. The Hall–Kier alpha value is -2.10. The summed E-state index contributed by atoms with van der Waals surface area (Å²) in [6.45, 7) is 3.91. The minimum atomic E-state index is -0.973. The molecule has 4 bridgehead atoms. The number of carbonyl (C=O) groups is 2. The predicted molar refractivity (Wildman–Crippen MR) is 105 cm³/mol. The quantitative estimate of drug-likeness (QED) is 0.773. The van der Waals surface area contributed by atoms with Crippen LogP contribution in [0.4, 0.5) is 0 Å². The van der Waals surface area contributed by atoms with Crippen LogP contribution in [0.15, 0.2) is 30.3 Å². The van der Waals surface area contributed by atoms with Crippen LogP contribution in [0.1, 0.15) is 57.1 Å². The minimum Gasteiger partial charge on any atom is -0.478 e. The van der Waals surface area contributed by atoms with Crippen LogP contribution in [0.25, 0.3) is 6.08 Å². The average Bonchev–Trinajstić information content (AvgIpc) is 2.62. The van der Waals surface area contributed by atoms with E-state index in [1.165, 1.54) is 32.1 Å². The summed E-state index contributed by atoms with van der Waals surface area (Å²) in [5, 5.41) is 12.2. The summed E-state index contributed by atoms with van der Waals surface area (Å²) >= 11 is 0. The van der Waals surface area contributed by atoms with Crippen molar-refractivity contribution in [2.45, 2.75) is 57.4 Å². The highest BCUT2D eigenvalue weighted by atomic mass is 16.4. The van der Waals surface area contributed by atoms with Gasteiger partial charge in [-0.3, -0.25) is 4.79 Å². The molecule has 0 radical (unpaired) electrons. The maximum atomic E-state index is 13.2. The van der Waals surface area contributed by atoms with E-state index in [1.54, 1.807) is 6.08 Å². The molecule has 4 nitrogen and oxygen atoms in total. The second-order valence-corrected chi connectivity index (χ2v) is 9.35. The van der Waals surface area contributed by atoms with Crippen molar-refractivity contribution in [2.24, 2.45) is 23.7 Å². The van der Waals surface area contributed by atoms with Crippen molar-refractivity contribution in [3.8, 4) is 0 Å². The highest BCUT2D eigenvalue weighted by Gasteiger charge is 2.49. The maximum Gasteiger partial charge on any atom is 0.328 e. The fourth-order valence-corrected chi connectivity index (χ4v) is 5.82. The smallest absolute Gasteiger partial charge is 0.328 e. The molecule has 0 saturated heterocycles. The van der Waals surface area contributed by atoms with Crippen molar-refractivity contribution in [1.82, 2.24) is 5.32 Å². The lowest BCUT2D eigenvalue weighted by atomic mass is 9.54. The van der Waals surface area contributed by atoms with Gasteiger partial charge < -0.3 is 10.4 Å². The van der Waals surface area contributed by atoms with Crippen molar-refractivity contribution in [3.63, 3.8) is 0 Å². The molecule has 5 rings (SSSR count). The van der Waals surface area contributed by atoms with E-state index >= 15 is 0 Å². The number of rotatable bonds is 5. The zero-order valence-corrected chi connectivity index (χ0v) is 16.2. The van der Waals surface area contributed by atoms with Gasteiger partial charge in [0.05, 0.1) is 5.41 Å². The Kier molecular flexibility index (Phi) is 4.61. The Morgan fingerprint density at radius 3 is 2.30 bits per heavy atom. The summed E-state index contributed by atoms with van der Waals surface area (Å²) in [5.74, 6) is 2.22. The van der Waals surface area contributed by atoms with Gasteiger partial charge in [0, 0.05) is 12.1 Å². The van der Waals surface area contributed by atoms with E-state index in [1.807, 2.05) is 38.1 Å². The second-order valence-electron chi connectivity index (χ2n) is 9.35. The highest BCUT2D eigenvalue weighted by Crippen LogP contribution is 2.53. The monoisotopic (exact) mass is 367 g/mol. The number of hydrogen-bond acceptors (Lipinski definition) is 2. The van der Waals surface area contributed by atoms with Crippen molar-refractivity contribution in [2.75, 3.05) is 0 Å². The molecule has 0 atom stereocenters. The van der Waals surface area contributed by atoms with E-state index in [0.717, 1.165) is 29.0 Å². The fraction of sp³-hybridized carbons (Fsp3) is 0.565. The van der Waals surface area contributed by atoms with E-state index < -0.39 is 11.4 Å². The van der Waals surface area contributed by atoms with Gasteiger partial charge in [0.15, 0.2) is 0 Å². The zero-order chi connectivity index (χ0) is 19.2. The van der Waals surface area contributed by atoms with Crippen molar-refractivity contribution < 1.29 is 14.7 Å². The molecule has 2 N–H and O–H groups in total. The van der Waals surface area contributed by atoms with Gasteiger partial charge in [-0.25, -0.2) is 4.79 Å². The molecule has 1 amide bonds. The van der Waals surface area contributed by atoms with Crippen molar-refractivity contribution in [3.05, 3.63) is 41.5 Å². The van der Waals surface area contributed by atoms with E-state index in [-0.39, 0.29) is 5.91 Å². The highest BCUT2D eigenvalue weighted by molar-refractivity contribution is 5.88. The standard InChI is InChI=1S/C23H29NO3/c1-23(2,19-5-3-4-14(13-19)6-7-20(25)26)22(27)24-21-17-9-15-8-16(11-17)12-18(21)10-15/h3-7,13,15-18,21H,8-12H2,1-2H3,(H,24,27)(H,25,26). The molecular formula is C23H29NO3. The molecule has 4 fully saturated rings. The number of carboxylic acid groups (broad SMARTS) is 1. The van der Waals surface area contributed by atoms with E-state index in [9.17, 15) is 9.59 Å². The van der Waals surface area contributed by atoms with Gasteiger partial charge in [-0.15, -0.1) is 0 Å². The molecule has 144 valence electrons. The number of carboxylic acids is 1. The van der Waals surface area contributed by atoms with Crippen LogP contribution in [0.3, 0.4) is 0 Å². The lowest BCUT2D eigenvalue weighted by Gasteiger charge is -2.54. The largest absolute Gasteiger partial charge is 0.478 e. The van der Waals surface area contributed by atoms with Gasteiger partial charge in [0.1, 0.15) is 0 Å². The molecule has 4 aliphatic rings. The molecule has 4 heteroatoms. The van der Waals surface area contributed by atoms with Gasteiger partial charge in [0.2, 0.25) is 5.91 Å². The number of benzene rings is 1. The van der Waals surface area contributed by atoms with Crippen molar-refractivity contribution >= 4 is 18.0 Å². The van der Waals surface area contributed by atoms with Crippen molar-refractivity contribution in [1.29, 1.82) is 0 Å². The molecule has 4 saturated carbocycles. The Labute approximate surface area is 161 Å². The van der Waals surface area contributed by atoms with E-state index in [2.05, 4.69) is 5.32 Å². The van der Waals surface area contributed by atoms with Crippen LogP contribution in [0.2, 0.25) is 0 Å². The number of hydrogen-bond donors (Lipinski definition) is 2. The molecule has 0 heterocycles. The lowest BCUT2D eigenvalue weighted by Crippen LogP contribution is -2.58. The summed E-state index contributed by atoms with van der Waals surface area (Å²) < 4.78 is 0. The third-order valence-corrected chi connectivity index (χ3v) is 7.12. The first-order valence-corrected chi connectivity index (χ1v) is 10.2. The number of aliphatic carboxylic acids is 1. The normalized spacial score (nSPS) is 32.0. The van der Waals surface area contributed by atoms with Gasteiger partial charge in [-0.1, -0.05) is 24.3 Å². The van der Waals surface area contributed by atoms with Gasteiger partial charge in [0.25, 0.3) is 0 Å². The number of carbonyl (C=O) groups excluding carboxylic acids is 1. The predicted octanol–water partition coefficient (Wildman–Crippen LogP) is 4.00. The first-order valence-electron chi connectivity index (χ1n) is 10.2. The molecule has 0 unspecified atom stereocenters. The molecule has 0 spiro atoms. The minimum absolute atomic E-state index is 0.0827. The molecule has 27 heavy (non-hydrogen) atoms. The van der Waals surface area contributed by atoms with Crippen LogP contribution in [0, 0.1) is 23.7 Å². The summed E-state index contributed by atoms with van der Waals surface area (Å²) in [7, 11) is 0. The van der Waals surface area contributed by atoms with Crippen LogP contribution >= 0.6 is 0 Å². The molecule has 4 aliphatic carbocycles. The van der Waals surface area contributed by atoms with Crippen LogP contribution in [-0.4, -0.2) is 23.0 Å². The maximum absolute atomic E-state index is 13.2. The summed E-state index contributed by atoms with van der Waals surface area (Å²) in [6, 6.07) is 7.94. The Morgan fingerprint density at radius 2 is 1.70 bits per heavy atom. The molecule has 0 aliphatic heterocycles. The van der Waals surface area contributed by atoms with Gasteiger partial charge in [-0.05, 0) is 86.8 Å². The van der Waals surface area contributed by atoms with Crippen LogP contribution < -0.4 is 5.32 Å². The van der Waals surface area contributed by atoms with E-state index in [0.29, 0.717) is 17.9 Å². The lowest BCUT2D eigenvalue weighted by molar-refractivity contribution is -0.131. The Morgan fingerprint density at radius 1 is 1.07 bits per heavy atom. The Balaban J connectivity index is 1.49. The summed E-state index contributed by atoms with van der Waals surface area (Å²) in [4.78, 5) is 24.0. The SMILES string of the molecule is CC(C)(C(=O)NC1C2CC3CC(C2)CC1C3)c1cccc(C=CC(=O)O)c1. The number of amides is 1. The topological polar surface area (TPSA) is 66.4 Å². The Bertz CT molecular complexity index is 752. The third-order valence-electron chi connectivity index (χ3n) is 7.12. The summed E-state index contributed by atoms with van der Waals surface area (Å²) in [6.07, 6.45) is 9.25. The molecule has 0 aromatic heterocycles. The van der Waals surface area contributed by atoms with Crippen LogP contribution in [-0.2, 0) is 15.0 Å². The number of nitrogens with one attached hydrogen (secondary N) is 1. The van der Waals surface area contributed by atoms with Crippen LogP contribution in [0.5, 0.6) is 0 Å². The first kappa shape index (κ1) is 18.3. The van der Waals surface area contributed by atoms with Gasteiger partial charge >= 0.3 is 5.97 Å². The molecule has 1 aromatic carbocycles. The van der Waals surface area contributed by atoms with E-state index in [4.69, 9.17) is 5.11 Å². The average molecular weight is 367 g/mol. The molecule has 1 aromatic rings. The first-order chi connectivity index (χ1) is 12.8. The molecular weight excluding hydrogens is 338 g/mol. The van der Waals surface area contributed by atoms with Gasteiger partial charge in [-0.2, -0.15) is 0 Å². The third kappa shape index (κ3) is 3.54.